The highest BCUT2D eigenvalue weighted by Crippen LogP contribution is 2.55. The van der Waals surface area contributed by atoms with Gasteiger partial charge in [0.05, 0.1) is 24.3 Å². The highest BCUT2D eigenvalue weighted by molar-refractivity contribution is 6.19. The first-order valence-electron chi connectivity index (χ1n) is 8.50. The SMILES string of the molecule is C[N+]12CC(O)CC1(c1ccc(C#N)cc1)C([O-])=C(c1ccccc1)C2=O. The van der Waals surface area contributed by atoms with Crippen molar-refractivity contribution < 1.29 is 19.5 Å². The number of fused-ring (bicyclic) bond motifs is 1. The number of carbonyl (C=O) groups excluding carboxylic acids is 1. The summed E-state index contributed by atoms with van der Waals surface area (Å²) >= 11 is 0. The van der Waals surface area contributed by atoms with Crippen molar-refractivity contribution in [2.24, 2.45) is 0 Å². The predicted octanol–water partition coefficient (Wildman–Crippen LogP) is 1.28. The van der Waals surface area contributed by atoms with Crippen LogP contribution in [-0.4, -0.2) is 35.2 Å². The number of carbonyl (C=O) groups is 1. The maximum Gasteiger partial charge on any atom is 0.346 e. The van der Waals surface area contributed by atoms with E-state index in [-0.39, 0.29) is 34.7 Å². The van der Waals surface area contributed by atoms with Gasteiger partial charge in [-0.25, -0.2) is 9.28 Å². The van der Waals surface area contributed by atoms with Gasteiger partial charge in [0.15, 0.2) is 0 Å². The zero-order valence-electron chi connectivity index (χ0n) is 14.3. The molecule has 1 fully saturated rings. The molecule has 0 radical (unpaired) electrons. The molecule has 1 saturated heterocycles. The van der Waals surface area contributed by atoms with E-state index in [9.17, 15) is 15.0 Å². The lowest BCUT2D eigenvalue weighted by molar-refractivity contribution is -0.876. The third-order valence-electron chi connectivity index (χ3n) is 5.77. The maximum atomic E-state index is 13.6. The maximum absolute atomic E-state index is 13.6. The van der Waals surface area contributed by atoms with Crippen LogP contribution in [0.2, 0.25) is 0 Å². The molecule has 4 rings (SSSR count). The molecule has 5 heteroatoms. The Morgan fingerprint density at radius 3 is 2.46 bits per heavy atom. The van der Waals surface area contributed by atoms with Crippen molar-refractivity contribution in [3.05, 3.63) is 77.0 Å². The Kier molecular flexibility index (Phi) is 3.52. The molecule has 130 valence electrons. The molecule has 2 aromatic rings. The van der Waals surface area contributed by atoms with E-state index in [2.05, 4.69) is 6.07 Å². The molecular weight excluding hydrogens is 328 g/mol. The Balaban J connectivity index is 1.98. The number of aliphatic hydroxyl groups excluding tert-OH is 1. The first-order chi connectivity index (χ1) is 12.4. The van der Waals surface area contributed by atoms with Crippen molar-refractivity contribution in [3.63, 3.8) is 0 Å². The molecule has 0 aliphatic carbocycles. The third-order valence-corrected chi connectivity index (χ3v) is 5.77. The van der Waals surface area contributed by atoms with Crippen molar-refractivity contribution in [3.8, 4) is 6.07 Å². The van der Waals surface area contributed by atoms with Crippen LogP contribution in [0.1, 0.15) is 23.1 Å². The summed E-state index contributed by atoms with van der Waals surface area (Å²) in [5.74, 6) is -0.514. The quantitative estimate of drug-likeness (QED) is 0.830. The number of nitrogens with zero attached hydrogens (tertiary/aromatic N) is 2. The van der Waals surface area contributed by atoms with Gasteiger partial charge in [-0.3, -0.25) is 0 Å². The molecule has 1 amide bonds. The van der Waals surface area contributed by atoms with Crippen molar-refractivity contribution in [1.82, 2.24) is 0 Å². The standard InChI is InChI=1S/C21H18N2O3/c1-23-13-17(24)11-21(23,16-9-7-14(12-22)8-10-16)19(25)18(20(23)26)15-5-3-2-4-6-15/h2-10,17,24H,11,13H2,1H3. The number of quaternary nitrogens is 1. The summed E-state index contributed by atoms with van der Waals surface area (Å²) in [6.45, 7) is 0.195. The molecule has 1 N–H and O–H groups in total. The second-order valence-electron chi connectivity index (χ2n) is 7.16. The molecule has 0 spiro atoms. The van der Waals surface area contributed by atoms with E-state index in [1.54, 1.807) is 55.6 Å². The summed E-state index contributed by atoms with van der Waals surface area (Å²) in [5.41, 5.74) is 0.820. The number of rotatable bonds is 2. The van der Waals surface area contributed by atoms with E-state index in [1.165, 1.54) is 0 Å². The Morgan fingerprint density at radius 2 is 1.85 bits per heavy atom. The normalized spacial score (nSPS) is 30.3. The fourth-order valence-electron chi connectivity index (χ4n) is 4.52. The number of likely N-dealkylation sites (N-methyl/N-ethyl adjacent to an activating group) is 1. The topological polar surface area (TPSA) is 84.2 Å². The van der Waals surface area contributed by atoms with Crippen LogP contribution in [0, 0.1) is 11.3 Å². The van der Waals surface area contributed by atoms with Crippen LogP contribution in [0.3, 0.4) is 0 Å². The van der Waals surface area contributed by atoms with Gasteiger partial charge < -0.3 is 10.2 Å². The molecular formula is C21H18N2O3. The lowest BCUT2D eigenvalue weighted by Crippen LogP contribution is -2.57. The van der Waals surface area contributed by atoms with E-state index >= 15 is 0 Å². The van der Waals surface area contributed by atoms with Gasteiger partial charge in [0.25, 0.3) is 0 Å². The zero-order valence-corrected chi connectivity index (χ0v) is 14.3. The average Bonchev–Trinajstić information content (AvgIpc) is 3.02. The van der Waals surface area contributed by atoms with Gasteiger partial charge in [-0.2, -0.15) is 5.26 Å². The van der Waals surface area contributed by atoms with Gasteiger partial charge in [0, 0.05) is 12.0 Å². The van der Waals surface area contributed by atoms with Gasteiger partial charge in [-0.05, 0) is 23.5 Å². The van der Waals surface area contributed by atoms with Crippen molar-refractivity contribution >= 4 is 11.5 Å². The van der Waals surface area contributed by atoms with E-state index in [0.29, 0.717) is 16.7 Å². The summed E-state index contributed by atoms with van der Waals surface area (Å²) in [6.07, 6.45) is -0.545. The van der Waals surface area contributed by atoms with Crippen LogP contribution in [-0.2, 0) is 10.3 Å². The second kappa shape index (κ2) is 5.53. The van der Waals surface area contributed by atoms with E-state index < -0.39 is 11.6 Å². The first kappa shape index (κ1) is 16.5. The van der Waals surface area contributed by atoms with Crippen molar-refractivity contribution in [1.29, 1.82) is 5.26 Å². The summed E-state index contributed by atoms with van der Waals surface area (Å²) in [6, 6.07) is 17.8. The molecule has 0 saturated carbocycles. The highest BCUT2D eigenvalue weighted by atomic mass is 16.3. The Morgan fingerprint density at radius 1 is 1.19 bits per heavy atom. The number of hydrogen-bond donors (Lipinski definition) is 1. The minimum atomic E-state index is -1.14. The number of hydrogen-bond acceptors (Lipinski definition) is 4. The fourth-order valence-corrected chi connectivity index (χ4v) is 4.52. The van der Waals surface area contributed by atoms with Crippen LogP contribution in [0.4, 0.5) is 0 Å². The molecule has 0 aromatic heterocycles. The van der Waals surface area contributed by atoms with Crippen LogP contribution in [0.25, 0.3) is 5.57 Å². The van der Waals surface area contributed by atoms with E-state index in [4.69, 9.17) is 5.26 Å². The van der Waals surface area contributed by atoms with Gasteiger partial charge in [0.2, 0.25) is 0 Å². The molecule has 2 heterocycles. The molecule has 2 aliphatic rings. The molecule has 2 aromatic carbocycles. The van der Waals surface area contributed by atoms with E-state index in [1.807, 2.05) is 6.07 Å². The lowest BCUT2D eigenvalue weighted by atomic mass is 9.83. The number of nitriles is 1. The molecule has 3 atom stereocenters. The van der Waals surface area contributed by atoms with Gasteiger partial charge in [-0.1, -0.05) is 42.5 Å². The Bertz CT molecular complexity index is 959. The number of amides is 1. The summed E-state index contributed by atoms with van der Waals surface area (Å²) in [4.78, 5) is 13.3. The van der Waals surface area contributed by atoms with E-state index in [0.717, 1.165) is 0 Å². The molecule has 0 bridgehead atoms. The minimum Gasteiger partial charge on any atom is -0.870 e. The van der Waals surface area contributed by atoms with Crippen molar-refractivity contribution in [2.75, 3.05) is 13.6 Å². The van der Waals surface area contributed by atoms with Crippen molar-refractivity contribution in [2.45, 2.75) is 18.1 Å². The first-order valence-corrected chi connectivity index (χ1v) is 8.50. The monoisotopic (exact) mass is 346 g/mol. The summed E-state index contributed by atoms with van der Waals surface area (Å²) in [7, 11) is 1.73. The van der Waals surface area contributed by atoms with Gasteiger partial charge in [-0.15, -0.1) is 0 Å². The lowest BCUT2D eigenvalue weighted by Gasteiger charge is -2.42. The van der Waals surface area contributed by atoms with Crippen LogP contribution < -0.4 is 5.11 Å². The number of aliphatic hydroxyl groups is 1. The van der Waals surface area contributed by atoms with Crippen LogP contribution >= 0.6 is 0 Å². The largest absolute Gasteiger partial charge is 0.870 e. The van der Waals surface area contributed by atoms with Gasteiger partial charge >= 0.3 is 5.91 Å². The zero-order chi connectivity index (χ0) is 18.5. The summed E-state index contributed by atoms with van der Waals surface area (Å²) in [5, 5.41) is 33.0. The number of benzene rings is 2. The minimum absolute atomic E-state index is 0.164. The Hall–Kier alpha value is -2.94. The average molecular weight is 346 g/mol. The molecule has 2 aliphatic heterocycles. The molecule has 5 nitrogen and oxygen atoms in total. The molecule has 26 heavy (non-hydrogen) atoms. The van der Waals surface area contributed by atoms with Crippen LogP contribution in [0.5, 0.6) is 0 Å². The second-order valence-corrected chi connectivity index (χ2v) is 7.16. The Labute approximate surface area is 151 Å². The summed E-state index contributed by atoms with van der Waals surface area (Å²) < 4.78 is -0.164. The predicted molar refractivity (Wildman–Crippen MR) is 92.9 cm³/mol. The van der Waals surface area contributed by atoms with Crippen LogP contribution in [0.15, 0.2) is 60.4 Å². The van der Waals surface area contributed by atoms with Gasteiger partial charge in [0.1, 0.15) is 18.2 Å². The fraction of sp³-hybridized carbons (Fsp3) is 0.238. The smallest absolute Gasteiger partial charge is 0.346 e. The molecule has 3 unspecified atom stereocenters. The highest BCUT2D eigenvalue weighted by Gasteiger charge is 2.66. The third kappa shape index (κ3) is 1.94.